The summed E-state index contributed by atoms with van der Waals surface area (Å²) in [6.07, 6.45) is -0.417. The lowest BCUT2D eigenvalue weighted by Crippen LogP contribution is -2.40. The van der Waals surface area contributed by atoms with E-state index in [4.69, 9.17) is 14.6 Å². The van der Waals surface area contributed by atoms with Crippen LogP contribution in [0.3, 0.4) is 0 Å². The molecule has 136 valence electrons. The van der Waals surface area contributed by atoms with Gasteiger partial charge >= 0.3 is 0 Å². The predicted octanol–water partition coefficient (Wildman–Crippen LogP) is 1.75. The normalized spacial score (nSPS) is 20.4. The zero-order valence-electron chi connectivity index (χ0n) is 15.4. The standard InChI is InChI=1S/C19H27N3O3/c1-13-17(10-21(3)18-11-25-12-19(18)23)14(2)22(20-13)9-15-5-7-16(24-4)8-6-15/h5-8,18-19,23H,9-12H2,1-4H3/t18-,19-/m1/s1. The number of nitrogens with zero attached hydrogens (tertiary/aromatic N) is 3. The van der Waals surface area contributed by atoms with Gasteiger partial charge in [-0.25, -0.2) is 0 Å². The highest BCUT2D eigenvalue weighted by molar-refractivity contribution is 5.29. The van der Waals surface area contributed by atoms with Gasteiger partial charge < -0.3 is 14.6 Å². The molecule has 1 aliphatic rings. The third kappa shape index (κ3) is 3.86. The minimum atomic E-state index is -0.417. The quantitative estimate of drug-likeness (QED) is 0.864. The number of hydrogen-bond acceptors (Lipinski definition) is 5. The Morgan fingerprint density at radius 1 is 1.28 bits per heavy atom. The Labute approximate surface area is 149 Å². The van der Waals surface area contributed by atoms with E-state index < -0.39 is 6.10 Å². The second kappa shape index (κ2) is 7.56. The van der Waals surface area contributed by atoms with Crippen LogP contribution in [-0.2, 0) is 17.8 Å². The van der Waals surface area contributed by atoms with Crippen LogP contribution in [0.2, 0.25) is 0 Å². The largest absolute Gasteiger partial charge is 0.497 e. The van der Waals surface area contributed by atoms with E-state index in [9.17, 15) is 5.11 Å². The first kappa shape index (κ1) is 17.9. The van der Waals surface area contributed by atoms with Gasteiger partial charge in [-0.15, -0.1) is 0 Å². The Kier molecular flexibility index (Phi) is 5.42. The first-order chi connectivity index (χ1) is 12.0. The number of aromatic nitrogens is 2. The minimum absolute atomic E-state index is 0.0451. The van der Waals surface area contributed by atoms with Gasteiger partial charge in [0.1, 0.15) is 5.75 Å². The fourth-order valence-corrected chi connectivity index (χ4v) is 3.34. The Hall–Kier alpha value is -1.89. The molecule has 0 aliphatic carbocycles. The Bertz CT molecular complexity index is 711. The molecule has 1 aromatic carbocycles. The Balaban J connectivity index is 1.73. The summed E-state index contributed by atoms with van der Waals surface area (Å²) in [7, 11) is 3.70. The molecule has 2 heterocycles. The van der Waals surface area contributed by atoms with Crippen molar-refractivity contribution in [2.24, 2.45) is 0 Å². The van der Waals surface area contributed by atoms with Crippen molar-refractivity contribution in [2.45, 2.75) is 39.1 Å². The molecule has 1 aliphatic heterocycles. The van der Waals surface area contributed by atoms with Crippen LogP contribution in [0.1, 0.15) is 22.5 Å². The van der Waals surface area contributed by atoms with E-state index in [-0.39, 0.29) is 6.04 Å². The van der Waals surface area contributed by atoms with Crippen molar-refractivity contribution >= 4 is 0 Å². The van der Waals surface area contributed by atoms with E-state index in [1.165, 1.54) is 11.1 Å². The first-order valence-electron chi connectivity index (χ1n) is 8.61. The predicted molar refractivity (Wildman–Crippen MR) is 95.9 cm³/mol. The third-order valence-corrected chi connectivity index (χ3v) is 5.02. The van der Waals surface area contributed by atoms with E-state index in [1.807, 2.05) is 30.8 Å². The molecule has 1 N–H and O–H groups in total. The van der Waals surface area contributed by atoms with Gasteiger partial charge in [0, 0.05) is 17.8 Å². The van der Waals surface area contributed by atoms with Gasteiger partial charge in [-0.05, 0) is 38.6 Å². The molecule has 1 fully saturated rings. The molecule has 25 heavy (non-hydrogen) atoms. The number of ether oxygens (including phenoxy) is 2. The summed E-state index contributed by atoms with van der Waals surface area (Å²) < 4.78 is 12.6. The van der Waals surface area contributed by atoms with Gasteiger partial charge in [-0.2, -0.15) is 5.10 Å². The van der Waals surface area contributed by atoms with E-state index in [1.54, 1.807) is 7.11 Å². The van der Waals surface area contributed by atoms with Gasteiger partial charge in [0.2, 0.25) is 0 Å². The number of methoxy groups -OCH3 is 1. The zero-order valence-corrected chi connectivity index (χ0v) is 15.4. The zero-order chi connectivity index (χ0) is 18.0. The van der Waals surface area contributed by atoms with Crippen molar-refractivity contribution in [1.82, 2.24) is 14.7 Å². The fourth-order valence-electron chi connectivity index (χ4n) is 3.34. The van der Waals surface area contributed by atoms with Gasteiger partial charge in [-0.1, -0.05) is 12.1 Å². The highest BCUT2D eigenvalue weighted by Gasteiger charge is 2.30. The number of rotatable bonds is 6. The van der Waals surface area contributed by atoms with Crippen LogP contribution in [0.4, 0.5) is 0 Å². The third-order valence-electron chi connectivity index (χ3n) is 5.02. The summed E-state index contributed by atoms with van der Waals surface area (Å²) in [5.41, 5.74) is 4.60. The van der Waals surface area contributed by atoms with Crippen molar-refractivity contribution in [3.05, 3.63) is 46.8 Å². The minimum Gasteiger partial charge on any atom is -0.497 e. The molecule has 0 bridgehead atoms. The monoisotopic (exact) mass is 345 g/mol. The Morgan fingerprint density at radius 3 is 2.60 bits per heavy atom. The number of aryl methyl sites for hydroxylation is 1. The summed E-state index contributed by atoms with van der Waals surface area (Å²) in [5, 5.41) is 14.7. The number of hydrogen-bond donors (Lipinski definition) is 1. The molecule has 3 rings (SSSR count). The smallest absolute Gasteiger partial charge is 0.118 e. The average Bonchev–Trinajstić information content (AvgIpc) is 3.14. The van der Waals surface area contributed by atoms with Gasteiger partial charge in [0.05, 0.1) is 44.7 Å². The molecule has 0 unspecified atom stereocenters. The van der Waals surface area contributed by atoms with Crippen molar-refractivity contribution in [1.29, 1.82) is 0 Å². The first-order valence-corrected chi connectivity index (χ1v) is 8.61. The molecule has 0 spiro atoms. The summed E-state index contributed by atoms with van der Waals surface area (Å²) in [4.78, 5) is 2.16. The molecule has 2 atom stereocenters. The molecule has 0 saturated carbocycles. The van der Waals surface area contributed by atoms with Gasteiger partial charge in [-0.3, -0.25) is 9.58 Å². The molecule has 0 amide bonds. The maximum atomic E-state index is 10.0. The highest BCUT2D eigenvalue weighted by atomic mass is 16.5. The van der Waals surface area contributed by atoms with Crippen LogP contribution in [-0.4, -0.2) is 59.3 Å². The topological polar surface area (TPSA) is 59.8 Å². The maximum absolute atomic E-state index is 10.0. The van der Waals surface area contributed by atoms with Gasteiger partial charge in [0.15, 0.2) is 0 Å². The molecule has 6 heteroatoms. The second-order valence-electron chi connectivity index (χ2n) is 6.74. The maximum Gasteiger partial charge on any atom is 0.118 e. The molecular weight excluding hydrogens is 318 g/mol. The fraction of sp³-hybridized carbons (Fsp3) is 0.526. The second-order valence-corrected chi connectivity index (χ2v) is 6.74. The van der Waals surface area contributed by atoms with Gasteiger partial charge in [0.25, 0.3) is 0 Å². The van der Waals surface area contributed by atoms with Crippen LogP contribution in [0.25, 0.3) is 0 Å². The number of aliphatic hydroxyl groups excluding tert-OH is 1. The van der Waals surface area contributed by atoms with E-state index >= 15 is 0 Å². The Morgan fingerprint density at radius 2 is 2.00 bits per heavy atom. The van der Waals surface area contributed by atoms with Crippen molar-refractivity contribution in [2.75, 3.05) is 27.4 Å². The van der Waals surface area contributed by atoms with Crippen molar-refractivity contribution in [3.8, 4) is 5.75 Å². The average molecular weight is 345 g/mol. The van der Waals surface area contributed by atoms with Crippen LogP contribution < -0.4 is 4.74 Å². The number of aliphatic hydroxyl groups is 1. The number of likely N-dealkylation sites (N-methyl/N-ethyl adjacent to an activating group) is 1. The van der Waals surface area contributed by atoms with Crippen LogP contribution in [0.15, 0.2) is 24.3 Å². The summed E-state index contributed by atoms with van der Waals surface area (Å²) in [6, 6.07) is 8.11. The molecular formula is C19H27N3O3. The van der Waals surface area contributed by atoms with Crippen LogP contribution in [0, 0.1) is 13.8 Å². The molecule has 1 saturated heterocycles. The van der Waals surface area contributed by atoms with Crippen molar-refractivity contribution in [3.63, 3.8) is 0 Å². The lowest BCUT2D eigenvalue weighted by molar-refractivity contribution is 0.0923. The van der Waals surface area contributed by atoms with Crippen LogP contribution >= 0.6 is 0 Å². The van der Waals surface area contributed by atoms with E-state index in [0.29, 0.717) is 13.2 Å². The lowest BCUT2D eigenvalue weighted by atomic mass is 10.1. The van der Waals surface area contributed by atoms with E-state index in [0.717, 1.165) is 30.2 Å². The summed E-state index contributed by atoms with van der Waals surface area (Å²) in [6.45, 7) is 6.64. The highest BCUT2D eigenvalue weighted by Crippen LogP contribution is 2.21. The van der Waals surface area contributed by atoms with Crippen LogP contribution in [0.5, 0.6) is 5.75 Å². The summed E-state index contributed by atoms with van der Waals surface area (Å²) >= 11 is 0. The molecule has 2 aromatic rings. The van der Waals surface area contributed by atoms with Crippen molar-refractivity contribution < 1.29 is 14.6 Å². The molecule has 0 radical (unpaired) electrons. The number of benzene rings is 1. The summed E-state index contributed by atoms with van der Waals surface area (Å²) in [5.74, 6) is 0.858. The van der Waals surface area contributed by atoms with E-state index in [2.05, 4.69) is 24.0 Å². The molecule has 1 aromatic heterocycles. The SMILES string of the molecule is COc1ccc(Cn2nc(C)c(CN(C)[C@@H]3COC[C@H]3O)c2C)cc1. The lowest BCUT2D eigenvalue weighted by Gasteiger charge is -2.25. The molecule has 6 nitrogen and oxygen atoms in total.